The lowest BCUT2D eigenvalue weighted by atomic mass is 9.80. The second-order valence-corrected chi connectivity index (χ2v) is 10.6. The molecule has 142 valence electrons. The number of sulfonamides is 1. The zero-order chi connectivity index (χ0) is 18.6. The van der Waals surface area contributed by atoms with Crippen LogP contribution in [-0.2, 0) is 10.0 Å². The highest BCUT2D eigenvalue weighted by molar-refractivity contribution is 7.90. The van der Waals surface area contributed by atoms with Gasteiger partial charge in [0.2, 0.25) is 10.0 Å². The quantitative estimate of drug-likeness (QED) is 0.794. The summed E-state index contributed by atoms with van der Waals surface area (Å²) in [6.07, 6.45) is 1.79. The van der Waals surface area contributed by atoms with E-state index in [0.29, 0.717) is 25.8 Å². The van der Waals surface area contributed by atoms with Crippen LogP contribution < -0.4 is 4.72 Å². The highest BCUT2D eigenvalue weighted by Crippen LogP contribution is 2.41. The maximum atomic E-state index is 12.5. The van der Waals surface area contributed by atoms with Crippen molar-refractivity contribution >= 4 is 15.9 Å². The molecule has 25 heavy (non-hydrogen) atoms. The van der Waals surface area contributed by atoms with Gasteiger partial charge in [0, 0.05) is 31.1 Å². The first-order valence-electron chi connectivity index (χ1n) is 9.30. The topological polar surface area (TPSA) is 82.0 Å². The molecule has 3 rings (SSSR count). The van der Waals surface area contributed by atoms with Gasteiger partial charge in [0.1, 0.15) is 5.84 Å². The lowest BCUT2D eigenvalue weighted by molar-refractivity contribution is 0.0972. The van der Waals surface area contributed by atoms with Crippen LogP contribution in [0, 0.1) is 5.41 Å². The first-order valence-corrected chi connectivity index (χ1v) is 10.8. The molecule has 0 spiro atoms. The average molecular weight is 370 g/mol. The molecule has 0 aromatic carbocycles. The summed E-state index contributed by atoms with van der Waals surface area (Å²) in [6, 6.07) is 0.00970. The molecule has 2 N–H and O–H groups in total. The summed E-state index contributed by atoms with van der Waals surface area (Å²) in [7, 11) is -3.37. The van der Waals surface area contributed by atoms with Crippen LogP contribution in [0.1, 0.15) is 60.3 Å². The fraction of sp³-hybridized carbons (Fsp3) is 0.833. The van der Waals surface area contributed by atoms with E-state index in [4.69, 9.17) is 4.99 Å². The van der Waals surface area contributed by atoms with E-state index in [-0.39, 0.29) is 17.5 Å². The maximum Gasteiger partial charge on any atom is 0.215 e. The SMILES string of the molecule is CCC1=N[C@@H](C)C(C(C)(C)C)=C2CC(NS(=O)(=O)C3CC(O)C3)CN12. The van der Waals surface area contributed by atoms with Gasteiger partial charge in [-0.1, -0.05) is 27.7 Å². The van der Waals surface area contributed by atoms with Crippen LogP contribution in [0.3, 0.4) is 0 Å². The number of hydrogen-bond donors (Lipinski definition) is 2. The lowest BCUT2D eigenvalue weighted by Gasteiger charge is -2.37. The van der Waals surface area contributed by atoms with Crippen molar-refractivity contribution in [1.29, 1.82) is 0 Å². The predicted molar refractivity (Wildman–Crippen MR) is 99.9 cm³/mol. The molecule has 1 unspecified atom stereocenters. The van der Waals surface area contributed by atoms with Gasteiger partial charge in [0.25, 0.3) is 0 Å². The molecule has 0 radical (unpaired) electrons. The summed E-state index contributed by atoms with van der Waals surface area (Å²) in [5, 5.41) is 8.96. The molecular formula is C18H31N3O3S. The smallest absolute Gasteiger partial charge is 0.215 e. The number of fused-ring (bicyclic) bond motifs is 1. The van der Waals surface area contributed by atoms with Gasteiger partial charge in [0.05, 0.1) is 17.4 Å². The van der Waals surface area contributed by atoms with Gasteiger partial charge in [-0.3, -0.25) is 4.99 Å². The van der Waals surface area contributed by atoms with E-state index in [2.05, 4.69) is 44.2 Å². The number of aliphatic hydroxyl groups is 1. The summed E-state index contributed by atoms with van der Waals surface area (Å²) >= 11 is 0. The summed E-state index contributed by atoms with van der Waals surface area (Å²) in [5.74, 6) is 1.05. The molecule has 2 fully saturated rings. The van der Waals surface area contributed by atoms with Gasteiger partial charge >= 0.3 is 0 Å². The third-order valence-electron chi connectivity index (χ3n) is 5.52. The third kappa shape index (κ3) is 3.51. The number of nitrogens with zero attached hydrogens (tertiary/aromatic N) is 2. The van der Waals surface area contributed by atoms with Crippen LogP contribution in [0.15, 0.2) is 16.3 Å². The standard InChI is InChI=1S/C18H31N3O3S/c1-6-16-19-11(2)17(18(3,4)5)15-7-12(10-21(15)16)20-25(23,24)14-8-13(22)9-14/h11-14,20,22H,6-10H2,1-5H3/t11-,12?,13?,14?/m0/s1. The Morgan fingerprint density at radius 2 is 1.96 bits per heavy atom. The normalized spacial score (nSPS) is 33.2. The number of aliphatic imine (C=N–C) groups is 1. The Bertz CT molecular complexity index is 700. The van der Waals surface area contributed by atoms with Crippen LogP contribution in [0.2, 0.25) is 0 Å². The van der Waals surface area contributed by atoms with Gasteiger partial charge in [-0.15, -0.1) is 0 Å². The zero-order valence-electron chi connectivity index (χ0n) is 15.9. The zero-order valence-corrected chi connectivity index (χ0v) is 16.7. The fourth-order valence-electron chi connectivity index (χ4n) is 4.39. The van der Waals surface area contributed by atoms with Crippen LogP contribution in [0.4, 0.5) is 0 Å². The Balaban J connectivity index is 1.84. The number of amidine groups is 1. The molecule has 1 aliphatic carbocycles. The first kappa shape index (κ1) is 18.9. The predicted octanol–water partition coefficient (Wildman–Crippen LogP) is 2.01. The number of hydrogen-bond acceptors (Lipinski definition) is 5. The average Bonchev–Trinajstić information content (AvgIpc) is 2.83. The first-order chi connectivity index (χ1) is 11.5. The van der Waals surface area contributed by atoms with Crippen LogP contribution in [0.5, 0.6) is 0 Å². The van der Waals surface area contributed by atoms with Gasteiger partial charge in [0.15, 0.2) is 0 Å². The number of nitrogens with one attached hydrogen (secondary N) is 1. The fourth-order valence-corrected chi connectivity index (χ4v) is 6.16. The van der Waals surface area contributed by atoms with Crippen molar-refractivity contribution in [2.45, 2.75) is 83.7 Å². The molecule has 0 aromatic rings. The number of aliphatic hydroxyl groups excluding tert-OH is 1. The maximum absolute atomic E-state index is 12.5. The molecule has 2 heterocycles. The molecule has 0 aromatic heterocycles. The minimum absolute atomic E-state index is 0.00161. The van der Waals surface area contributed by atoms with Crippen LogP contribution >= 0.6 is 0 Å². The summed E-state index contributed by atoms with van der Waals surface area (Å²) in [6.45, 7) is 11.5. The summed E-state index contributed by atoms with van der Waals surface area (Å²) < 4.78 is 27.9. The molecule has 1 saturated heterocycles. The van der Waals surface area contributed by atoms with E-state index in [0.717, 1.165) is 12.3 Å². The van der Waals surface area contributed by atoms with Gasteiger partial charge in [-0.2, -0.15) is 0 Å². The Morgan fingerprint density at radius 3 is 2.48 bits per heavy atom. The van der Waals surface area contributed by atoms with Crippen molar-refractivity contribution in [3.8, 4) is 0 Å². The van der Waals surface area contributed by atoms with Crippen molar-refractivity contribution < 1.29 is 13.5 Å². The molecule has 0 bridgehead atoms. The second-order valence-electron chi connectivity index (χ2n) is 8.61. The van der Waals surface area contributed by atoms with Gasteiger partial charge < -0.3 is 10.0 Å². The lowest BCUT2D eigenvalue weighted by Crippen LogP contribution is -2.49. The Kier molecular flexibility index (Phi) is 4.79. The minimum Gasteiger partial charge on any atom is -0.393 e. The van der Waals surface area contributed by atoms with Crippen molar-refractivity contribution in [2.24, 2.45) is 10.4 Å². The monoisotopic (exact) mass is 369 g/mol. The molecule has 2 atom stereocenters. The number of rotatable bonds is 4. The van der Waals surface area contributed by atoms with Crippen LogP contribution in [-0.4, -0.2) is 54.2 Å². The van der Waals surface area contributed by atoms with Gasteiger partial charge in [-0.25, -0.2) is 13.1 Å². The van der Waals surface area contributed by atoms with E-state index >= 15 is 0 Å². The molecule has 0 amide bonds. The van der Waals surface area contributed by atoms with Crippen LogP contribution in [0.25, 0.3) is 0 Å². The van der Waals surface area contributed by atoms with E-state index in [9.17, 15) is 13.5 Å². The van der Waals surface area contributed by atoms with E-state index in [1.807, 2.05) is 0 Å². The molecule has 6 nitrogen and oxygen atoms in total. The molecule has 3 aliphatic rings. The van der Waals surface area contributed by atoms with E-state index < -0.39 is 21.4 Å². The highest BCUT2D eigenvalue weighted by atomic mass is 32.2. The van der Waals surface area contributed by atoms with Gasteiger partial charge in [-0.05, 0) is 30.8 Å². The molecule has 1 saturated carbocycles. The molecular weight excluding hydrogens is 338 g/mol. The van der Waals surface area contributed by atoms with E-state index in [1.54, 1.807) is 0 Å². The van der Waals surface area contributed by atoms with Crippen molar-refractivity contribution in [2.75, 3.05) is 6.54 Å². The Morgan fingerprint density at radius 1 is 1.32 bits per heavy atom. The second kappa shape index (κ2) is 6.35. The van der Waals surface area contributed by atoms with Crippen molar-refractivity contribution in [3.63, 3.8) is 0 Å². The summed E-state index contributed by atoms with van der Waals surface area (Å²) in [4.78, 5) is 7.09. The third-order valence-corrected chi connectivity index (χ3v) is 7.44. The Hall–Kier alpha value is -0.920. The van der Waals surface area contributed by atoms with Crippen molar-refractivity contribution in [3.05, 3.63) is 11.3 Å². The minimum atomic E-state index is -3.37. The molecule has 2 aliphatic heterocycles. The largest absolute Gasteiger partial charge is 0.393 e. The molecule has 7 heteroatoms. The van der Waals surface area contributed by atoms with E-state index in [1.165, 1.54) is 11.3 Å². The van der Waals surface area contributed by atoms with Crippen molar-refractivity contribution in [1.82, 2.24) is 9.62 Å². The summed E-state index contributed by atoms with van der Waals surface area (Å²) in [5.41, 5.74) is 2.56. The highest BCUT2D eigenvalue weighted by Gasteiger charge is 2.43. The Labute approximate surface area is 151 Å².